The van der Waals surface area contributed by atoms with Gasteiger partial charge in [0.15, 0.2) is 0 Å². The van der Waals surface area contributed by atoms with Gasteiger partial charge >= 0.3 is 11.9 Å². The van der Waals surface area contributed by atoms with Crippen molar-refractivity contribution in [1.82, 2.24) is 4.90 Å². The molecule has 2 fully saturated rings. The Morgan fingerprint density at radius 1 is 1.11 bits per heavy atom. The van der Waals surface area contributed by atoms with Crippen molar-refractivity contribution >= 4 is 41.0 Å². The fourth-order valence-corrected chi connectivity index (χ4v) is 5.68. The SMILES string of the molecule is CCOC(=O)[C@H](C1CC1)N1C(=O)[C@](C)(CC(=O)O)C[C@H](c2cccc(Cl)c2)[C@H]1c1ccc(Cl)cc1. The molecular formula is C27H29Cl2NO5. The topological polar surface area (TPSA) is 83.9 Å². The van der Waals surface area contributed by atoms with E-state index in [1.165, 1.54) is 0 Å². The molecule has 0 unspecified atom stereocenters. The highest BCUT2D eigenvalue weighted by molar-refractivity contribution is 6.30. The van der Waals surface area contributed by atoms with Gasteiger partial charge in [-0.25, -0.2) is 4.79 Å². The summed E-state index contributed by atoms with van der Waals surface area (Å²) in [6, 6.07) is 13.3. The average molecular weight is 518 g/mol. The lowest BCUT2D eigenvalue weighted by molar-refractivity contribution is -0.170. The molecule has 1 heterocycles. The number of esters is 1. The van der Waals surface area contributed by atoms with Gasteiger partial charge in [-0.1, -0.05) is 54.4 Å². The summed E-state index contributed by atoms with van der Waals surface area (Å²) in [4.78, 5) is 40.9. The van der Waals surface area contributed by atoms with Crippen molar-refractivity contribution in [1.29, 1.82) is 0 Å². The van der Waals surface area contributed by atoms with Crippen LogP contribution in [-0.2, 0) is 19.1 Å². The van der Waals surface area contributed by atoms with Crippen LogP contribution in [0, 0.1) is 11.3 Å². The molecule has 2 aliphatic rings. The van der Waals surface area contributed by atoms with E-state index in [4.69, 9.17) is 27.9 Å². The lowest BCUT2D eigenvalue weighted by Crippen LogP contribution is -2.59. The van der Waals surface area contributed by atoms with E-state index in [-0.39, 0.29) is 30.8 Å². The van der Waals surface area contributed by atoms with E-state index in [9.17, 15) is 19.5 Å². The van der Waals surface area contributed by atoms with Crippen molar-refractivity contribution in [2.24, 2.45) is 11.3 Å². The third kappa shape index (κ3) is 5.34. The maximum atomic E-state index is 14.2. The Balaban J connectivity index is 1.92. The molecule has 8 heteroatoms. The molecule has 1 aliphatic carbocycles. The molecule has 2 aromatic rings. The third-order valence-corrected chi connectivity index (χ3v) is 7.52. The number of amides is 1. The van der Waals surface area contributed by atoms with Crippen LogP contribution in [0.5, 0.6) is 0 Å². The maximum Gasteiger partial charge on any atom is 0.329 e. The number of likely N-dealkylation sites (tertiary alicyclic amines) is 1. The highest BCUT2D eigenvalue weighted by atomic mass is 35.5. The Morgan fingerprint density at radius 2 is 1.80 bits per heavy atom. The van der Waals surface area contributed by atoms with Gasteiger partial charge in [-0.3, -0.25) is 9.59 Å². The zero-order chi connectivity index (χ0) is 25.3. The fourth-order valence-electron chi connectivity index (χ4n) is 5.36. The fraction of sp³-hybridized carbons (Fsp3) is 0.444. The number of carbonyl (C=O) groups is 3. The minimum atomic E-state index is -1.21. The molecule has 6 nitrogen and oxygen atoms in total. The van der Waals surface area contributed by atoms with Crippen LogP contribution in [0.3, 0.4) is 0 Å². The maximum absolute atomic E-state index is 14.2. The highest BCUT2D eigenvalue weighted by Crippen LogP contribution is 2.54. The van der Waals surface area contributed by atoms with Gasteiger partial charge in [0.1, 0.15) is 6.04 Å². The molecule has 4 rings (SSSR count). The Hall–Kier alpha value is -2.57. The van der Waals surface area contributed by atoms with Gasteiger partial charge in [0.2, 0.25) is 5.91 Å². The van der Waals surface area contributed by atoms with E-state index in [1.54, 1.807) is 36.9 Å². The van der Waals surface area contributed by atoms with Crippen LogP contribution >= 0.6 is 23.2 Å². The minimum Gasteiger partial charge on any atom is -0.481 e. The quantitative estimate of drug-likeness (QED) is 0.442. The summed E-state index contributed by atoms with van der Waals surface area (Å²) >= 11 is 12.5. The predicted molar refractivity (Wildman–Crippen MR) is 133 cm³/mol. The lowest BCUT2D eigenvalue weighted by Gasteiger charge is -2.51. The molecular weight excluding hydrogens is 489 g/mol. The van der Waals surface area contributed by atoms with E-state index in [1.807, 2.05) is 30.3 Å². The first kappa shape index (κ1) is 25.5. The number of carbonyl (C=O) groups excluding carboxylic acids is 2. The standard InChI is InChI=1S/C27H29Cl2NO5/c1-3-35-25(33)24(17-7-8-17)30-23(16-9-11-19(28)12-10-16)21(18-5-4-6-20(29)13-18)14-27(2,26(30)34)15-22(31)32/h4-6,9-13,17,21,23-24H,3,7-8,14-15H2,1-2H3,(H,31,32)/t21-,23-,24+,27+/m1/s1. The molecule has 35 heavy (non-hydrogen) atoms. The summed E-state index contributed by atoms with van der Waals surface area (Å²) in [5.41, 5.74) is 0.492. The van der Waals surface area contributed by atoms with E-state index < -0.39 is 29.4 Å². The average Bonchev–Trinajstić information content (AvgIpc) is 3.62. The summed E-state index contributed by atoms with van der Waals surface area (Å²) in [5, 5.41) is 10.8. The molecule has 1 saturated heterocycles. The molecule has 4 atom stereocenters. The smallest absolute Gasteiger partial charge is 0.329 e. The van der Waals surface area contributed by atoms with Crippen molar-refractivity contribution in [2.75, 3.05) is 6.61 Å². The van der Waals surface area contributed by atoms with Crippen LogP contribution in [0.4, 0.5) is 0 Å². The number of carboxylic acids is 1. The number of halogens is 2. The second-order valence-corrected chi connectivity index (χ2v) is 10.6. The lowest BCUT2D eigenvalue weighted by atomic mass is 9.67. The van der Waals surface area contributed by atoms with E-state index in [0.29, 0.717) is 16.5 Å². The number of aliphatic carboxylic acids is 1. The van der Waals surface area contributed by atoms with Gasteiger partial charge < -0.3 is 14.7 Å². The van der Waals surface area contributed by atoms with Gasteiger partial charge in [-0.15, -0.1) is 0 Å². The Labute approximate surface area is 215 Å². The molecule has 0 radical (unpaired) electrons. The number of ether oxygens (including phenoxy) is 1. The highest BCUT2D eigenvalue weighted by Gasteiger charge is 2.56. The summed E-state index contributed by atoms with van der Waals surface area (Å²) in [5.74, 6) is -2.18. The molecule has 0 aromatic heterocycles. The van der Waals surface area contributed by atoms with E-state index in [2.05, 4.69) is 0 Å². The van der Waals surface area contributed by atoms with Crippen LogP contribution in [0.2, 0.25) is 10.0 Å². The first-order chi connectivity index (χ1) is 16.6. The van der Waals surface area contributed by atoms with Crippen molar-refractivity contribution < 1.29 is 24.2 Å². The predicted octanol–water partition coefficient (Wildman–Crippen LogP) is 5.87. The van der Waals surface area contributed by atoms with Gasteiger partial charge in [0.05, 0.1) is 24.5 Å². The van der Waals surface area contributed by atoms with E-state index in [0.717, 1.165) is 24.0 Å². The number of rotatable bonds is 8. The molecule has 2 aromatic carbocycles. The second-order valence-electron chi connectivity index (χ2n) is 9.74. The summed E-state index contributed by atoms with van der Waals surface area (Å²) in [7, 11) is 0. The molecule has 0 bridgehead atoms. The molecule has 1 aliphatic heterocycles. The van der Waals surface area contributed by atoms with Crippen molar-refractivity contribution in [2.45, 2.75) is 57.5 Å². The monoisotopic (exact) mass is 517 g/mol. The summed E-state index contributed by atoms with van der Waals surface area (Å²) < 4.78 is 5.43. The van der Waals surface area contributed by atoms with Crippen LogP contribution in [-0.4, -0.2) is 40.5 Å². The minimum absolute atomic E-state index is 0.0278. The molecule has 1 saturated carbocycles. The second kappa shape index (κ2) is 10.2. The summed E-state index contributed by atoms with van der Waals surface area (Å²) in [6.07, 6.45) is 1.56. The Morgan fingerprint density at radius 3 is 2.37 bits per heavy atom. The van der Waals surface area contributed by atoms with Crippen LogP contribution in [0.25, 0.3) is 0 Å². The summed E-state index contributed by atoms with van der Waals surface area (Å²) in [6.45, 7) is 3.61. The van der Waals surface area contributed by atoms with Gasteiger partial charge in [0.25, 0.3) is 0 Å². The molecule has 1 amide bonds. The number of benzene rings is 2. The number of nitrogens with zero attached hydrogens (tertiary/aromatic N) is 1. The van der Waals surface area contributed by atoms with Crippen molar-refractivity contribution in [3.05, 3.63) is 69.7 Å². The van der Waals surface area contributed by atoms with Gasteiger partial charge in [-0.05, 0) is 67.5 Å². The molecule has 1 N–H and O–H groups in total. The molecule has 0 spiro atoms. The Bertz CT molecular complexity index is 1120. The van der Waals surface area contributed by atoms with Crippen LogP contribution in [0.15, 0.2) is 48.5 Å². The number of carboxylic acid groups (broad SMARTS) is 1. The van der Waals surface area contributed by atoms with Crippen LogP contribution in [0.1, 0.15) is 62.6 Å². The zero-order valence-electron chi connectivity index (χ0n) is 19.7. The number of piperidine rings is 1. The van der Waals surface area contributed by atoms with E-state index >= 15 is 0 Å². The van der Waals surface area contributed by atoms with Gasteiger partial charge in [0, 0.05) is 16.0 Å². The largest absolute Gasteiger partial charge is 0.481 e. The number of hydrogen-bond acceptors (Lipinski definition) is 4. The van der Waals surface area contributed by atoms with Crippen molar-refractivity contribution in [3.63, 3.8) is 0 Å². The Kier molecular flexibility index (Phi) is 7.43. The number of hydrogen-bond donors (Lipinski definition) is 1. The van der Waals surface area contributed by atoms with Gasteiger partial charge in [-0.2, -0.15) is 0 Å². The molecule has 186 valence electrons. The van der Waals surface area contributed by atoms with Crippen molar-refractivity contribution in [3.8, 4) is 0 Å². The first-order valence-corrected chi connectivity index (χ1v) is 12.6. The third-order valence-electron chi connectivity index (χ3n) is 7.03. The first-order valence-electron chi connectivity index (χ1n) is 11.9. The van der Waals surface area contributed by atoms with Crippen LogP contribution < -0.4 is 0 Å². The zero-order valence-corrected chi connectivity index (χ0v) is 21.3. The normalized spacial score (nSPS) is 25.3.